The third-order valence-electron chi connectivity index (χ3n) is 5.40. The third kappa shape index (κ3) is 5.42. The largest absolute Gasteiger partial charge is 0.474 e. The van der Waals surface area contributed by atoms with Crippen molar-refractivity contribution in [3.63, 3.8) is 0 Å². The number of halogens is 1. The fraction of sp³-hybridized carbons (Fsp3) is 0.409. The summed E-state index contributed by atoms with van der Waals surface area (Å²) in [6.07, 6.45) is 10.1. The van der Waals surface area contributed by atoms with Gasteiger partial charge in [0, 0.05) is 31.2 Å². The number of carbonyl (C=O) groups is 1. The van der Waals surface area contributed by atoms with Gasteiger partial charge in [-0.3, -0.25) is 0 Å². The molecule has 158 valence electrons. The van der Waals surface area contributed by atoms with Gasteiger partial charge in [0.2, 0.25) is 5.88 Å². The zero-order valence-corrected chi connectivity index (χ0v) is 17.7. The van der Waals surface area contributed by atoms with E-state index in [4.69, 9.17) is 16.3 Å². The van der Waals surface area contributed by atoms with E-state index in [1.807, 2.05) is 28.8 Å². The number of carbonyl (C=O) groups excluding carboxylic acids is 1. The molecule has 4 rings (SSSR count). The molecule has 8 heteroatoms. The second-order valence-corrected chi connectivity index (χ2v) is 8.32. The van der Waals surface area contributed by atoms with E-state index < -0.39 is 0 Å². The minimum atomic E-state index is -0.259. The normalized spacial score (nSPS) is 18.9. The molecule has 0 aromatic carbocycles. The lowest BCUT2D eigenvalue weighted by Gasteiger charge is -2.26. The highest BCUT2D eigenvalue weighted by Crippen LogP contribution is 2.26. The molecule has 1 fully saturated rings. The van der Waals surface area contributed by atoms with Gasteiger partial charge in [0.05, 0.1) is 17.3 Å². The Bertz CT molecular complexity index is 1010. The number of nitrogens with one attached hydrogen (secondary N) is 2. The molecule has 0 spiro atoms. The van der Waals surface area contributed by atoms with Crippen molar-refractivity contribution in [3.05, 3.63) is 59.1 Å². The summed E-state index contributed by atoms with van der Waals surface area (Å²) >= 11 is 5.98. The highest BCUT2D eigenvalue weighted by molar-refractivity contribution is 6.30. The molecule has 0 atom stereocenters. The minimum Gasteiger partial charge on any atom is -0.474 e. The first kappa shape index (κ1) is 20.5. The highest BCUT2D eigenvalue weighted by Gasteiger charge is 2.20. The number of fused-ring (bicyclic) bond motifs is 1. The summed E-state index contributed by atoms with van der Waals surface area (Å²) in [7, 11) is 0. The van der Waals surface area contributed by atoms with Crippen LogP contribution in [0.4, 0.5) is 4.79 Å². The van der Waals surface area contributed by atoms with Gasteiger partial charge >= 0.3 is 6.03 Å². The molecule has 3 aromatic heterocycles. The van der Waals surface area contributed by atoms with Gasteiger partial charge in [0.1, 0.15) is 11.8 Å². The third-order valence-corrected chi connectivity index (χ3v) is 5.62. The number of pyridine rings is 2. The van der Waals surface area contributed by atoms with E-state index in [1.165, 1.54) is 12.8 Å². The fourth-order valence-corrected chi connectivity index (χ4v) is 3.83. The molecule has 0 saturated heterocycles. The molecule has 0 radical (unpaired) electrons. The van der Waals surface area contributed by atoms with Crippen molar-refractivity contribution in [1.29, 1.82) is 0 Å². The van der Waals surface area contributed by atoms with Gasteiger partial charge in [0.15, 0.2) is 0 Å². The number of aromatic nitrogens is 3. The molecule has 2 N–H and O–H groups in total. The van der Waals surface area contributed by atoms with Crippen molar-refractivity contribution in [2.75, 3.05) is 0 Å². The standard InChI is InChI=1S/C22H26ClN5O2/c1-15-2-5-19(6-3-15)30-21-10-16(8-9-24-21)11-25-22(29)26-12-18-14-28-13-17(23)4-7-20(28)27-18/h4,7-10,13-15,19H,2-3,5-6,11-12H2,1H3,(H2,25,26,29). The molecule has 3 heterocycles. The minimum absolute atomic E-state index is 0.237. The highest BCUT2D eigenvalue weighted by atomic mass is 35.5. The summed E-state index contributed by atoms with van der Waals surface area (Å²) in [4.78, 5) is 20.9. The number of nitrogens with zero attached hydrogens (tertiary/aromatic N) is 3. The monoisotopic (exact) mass is 427 g/mol. The van der Waals surface area contributed by atoms with Crippen LogP contribution in [0.1, 0.15) is 43.9 Å². The molecule has 1 aliphatic carbocycles. The Balaban J connectivity index is 1.25. The Kier molecular flexibility index (Phi) is 6.38. The molecule has 7 nitrogen and oxygen atoms in total. The predicted octanol–water partition coefficient (Wildman–Crippen LogP) is 4.34. The van der Waals surface area contributed by atoms with Gasteiger partial charge < -0.3 is 19.8 Å². The molecule has 2 amide bonds. The SMILES string of the molecule is CC1CCC(Oc2cc(CNC(=O)NCc3cn4cc(Cl)ccc4n3)ccn2)CC1. The first-order valence-corrected chi connectivity index (χ1v) is 10.7. The number of rotatable bonds is 6. The predicted molar refractivity (Wildman–Crippen MR) is 116 cm³/mol. The van der Waals surface area contributed by atoms with Crippen molar-refractivity contribution in [2.45, 2.75) is 51.8 Å². The van der Waals surface area contributed by atoms with Gasteiger partial charge in [-0.15, -0.1) is 0 Å². The molecule has 0 aliphatic heterocycles. The maximum absolute atomic E-state index is 12.2. The number of hydrogen-bond donors (Lipinski definition) is 2. The van der Waals surface area contributed by atoms with Crippen LogP contribution in [0.25, 0.3) is 5.65 Å². The molecular formula is C22H26ClN5O2. The second-order valence-electron chi connectivity index (χ2n) is 7.88. The van der Waals surface area contributed by atoms with E-state index in [9.17, 15) is 4.79 Å². The van der Waals surface area contributed by atoms with Gasteiger partial charge in [-0.2, -0.15) is 0 Å². The number of urea groups is 1. The first-order chi connectivity index (χ1) is 14.5. The van der Waals surface area contributed by atoms with E-state index in [0.29, 0.717) is 24.0 Å². The lowest BCUT2D eigenvalue weighted by atomic mass is 9.89. The quantitative estimate of drug-likeness (QED) is 0.613. The van der Waals surface area contributed by atoms with Crippen molar-refractivity contribution in [2.24, 2.45) is 5.92 Å². The van der Waals surface area contributed by atoms with Crippen molar-refractivity contribution in [1.82, 2.24) is 25.0 Å². The lowest BCUT2D eigenvalue weighted by molar-refractivity contribution is 0.130. The molecule has 30 heavy (non-hydrogen) atoms. The Morgan fingerprint density at radius 2 is 1.97 bits per heavy atom. The van der Waals surface area contributed by atoms with E-state index >= 15 is 0 Å². The van der Waals surface area contributed by atoms with Crippen LogP contribution in [-0.4, -0.2) is 26.5 Å². The molecule has 1 saturated carbocycles. The van der Waals surface area contributed by atoms with Gasteiger partial charge in [-0.05, 0) is 55.4 Å². The van der Waals surface area contributed by atoms with Crippen LogP contribution in [-0.2, 0) is 13.1 Å². The van der Waals surface area contributed by atoms with Crippen LogP contribution < -0.4 is 15.4 Å². The van der Waals surface area contributed by atoms with Crippen LogP contribution in [0.5, 0.6) is 5.88 Å². The zero-order chi connectivity index (χ0) is 20.9. The van der Waals surface area contributed by atoms with Crippen LogP contribution in [0.3, 0.4) is 0 Å². The van der Waals surface area contributed by atoms with Crippen LogP contribution in [0, 0.1) is 5.92 Å². The van der Waals surface area contributed by atoms with Crippen LogP contribution >= 0.6 is 11.6 Å². The number of ether oxygens (including phenoxy) is 1. The fourth-order valence-electron chi connectivity index (χ4n) is 3.66. The van der Waals surface area contributed by atoms with Crippen LogP contribution in [0.2, 0.25) is 5.02 Å². The average molecular weight is 428 g/mol. The van der Waals surface area contributed by atoms with E-state index in [-0.39, 0.29) is 12.1 Å². The van der Waals surface area contributed by atoms with E-state index in [0.717, 1.165) is 35.7 Å². The van der Waals surface area contributed by atoms with Crippen molar-refractivity contribution >= 4 is 23.3 Å². The maximum atomic E-state index is 12.2. The average Bonchev–Trinajstić information content (AvgIpc) is 3.15. The Hall–Kier alpha value is -2.80. The second kappa shape index (κ2) is 9.34. The molecule has 0 bridgehead atoms. The zero-order valence-electron chi connectivity index (χ0n) is 17.0. The van der Waals surface area contributed by atoms with Crippen LogP contribution in [0.15, 0.2) is 42.9 Å². The lowest BCUT2D eigenvalue weighted by Crippen LogP contribution is -2.34. The first-order valence-electron chi connectivity index (χ1n) is 10.3. The van der Waals surface area contributed by atoms with Crippen molar-refractivity contribution in [3.8, 4) is 5.88 Å². The van der Waals surface area contributed by atoms with E-state index in [2.05, 4.69) is 27.5 Å². The maximum Gasteiger partial charge on any atom is 0.315 e. The smallest absolute Gasteiger partial charge is 0.315 e. The van der Waals surface area contributed by atoms with Gasteiger partial charge in [-0.25, -0.2) is 14.8 Å². The van der Waals surface area contributed by atoms with Gasteiger partial charge in [-0.1, -0.05) is 18.5 Å². The Morgan fingerprint density at radius 1 is 1.17 bits per heavy atom. The number of amides is 2. The molecule has 0 unspecified atom stereocenters. The Labute approximate surface area is 180 Å². The number of hydrogen-bond acceptors (Lipinski definition) is 4. The van der Waals surface area contributed by atoms with Crippen molar-refractivity contribution < 1.29 is 9.53 Å². The molecular weight excluding hydrogens is 402 g/mol. The molecule has 1 aliphatic rings. The van der Waals surface area contributed by atoms with Gasteiger partial charge in [0.25, 0.3) is 0 Å². The summed E-state index contributed by atoms with van der Waals surface area (Å²) in [6, 6.07) is 7.13. The number of imidazole rings is 1. The summed E-state index contributed by atoms with van der Waals surface area (Å²) < 4.78 is 7.87. The summed E-state index contributed by atoms with van der Waals surface area (Å²) in [5.41, 5.74) is 2.49. The summed E-state index contributed by atoms with van der Waals surface area (Å²) in [6.45, 7) is 3.01. The summed E-state index contributed by atoms with van der Waals surface area (Å²) in [5, 5.41) is 6.32. The van der Waals surface area contributed by atoms with E-state index in [1.54, 1.807) is 18.5 Å². The Morgan fingerprint density at radius 3 is 2.80 bits per heavy atom. The molecule has 3 aromatic rings. The summed E-state index contributed by atoms with van der Waals surface area (Å²) in [5.74, 6) is 1.41. The topological polar surface area (TPSA) is 80.5 Å².